The second-order valence-electron chi connectivity index (χ2n) is 4.53. The topological polar surface area (TPSA) is 43.1 Å². The molecule has 0 aliphatic heterocycles. The fourth-order valence-corrected chi connectivity index (χ4v) is 2.22. The predicted molar refractivity (Wildman–Crippen MR) is 83.0 cm³/mol. The number of rotatable bonds is 3. The fourth-order valence-electron chi connectivity index (χ4n) is 1.86. The highest BCUT2D eigenvalue weighted by molar-refractivity contribution is 14.1. The summed E-state index contributed by atoms with van der Waals surface area (Å²) in [5, 5.41) is 0. The molecule has 0 radical (unpaired) electrons. The molecule has 0 aliphatic rings. The van der Waals surface area contributed by atoms with E-state index >= 15 is 0 Å². The fraction of sp³-hybridized carbons (Fsp3) is 0.133. The molecule has 0 atom stereocenters. The zero-order valence-corrected chi connectivity index (χ0v) is 12.9. The van der Waals surface area contributed by atoms with Gasteiger partial charge in [-0.25, -0.2) is 0 Å². The van der Waals surface area contributed by atoms with Crippen LogP contribution in [-0.2, 0) is 12.6 Å². The molecule has 2 rings (SSSR count). The lowest BCUT2D eigenvalue weighted by atomic mass is 9.99. The number of hydrogen-bond donors (Lipinski definition) is 1. The molecule has 21 heavy (non-hydrogen) atoms. The summed E-state index contributed by atoms with van der Waals surface area (Å²) in [5.41, 5.74) is 5.44. The van der Waals surface area contributed by atoms with E-state index in [1.807, 2.05) is 12.1 Å². The Morgan fingerprint density at radius 2 is 1.71 bits per heavy atom. The number of alkyl halides is 3. The zero-order chi connectivity index (χ0) is 15.6. The average Bonchev–Trinajstić information content (AvgIpc) is 2.40. The maximum atomic E-state index is 12.7. The normalized spacial score (nSPS) is 11.4. The van der Waals surface area contributed by atoms with Gasteiger partial charge in [-0.3, -0.25) is 4.79 Å². The number of halogens is 4. The molecule has 0 saturated carbocycles. The van der Waals surface area contributed by atoms with E-state index in [1.165, 1.54) is 0 Å². The molecule has 110 valence electrons. The predicted octanol–water partition coefficient (Wildman–Crippen LogP) is 4.32. The van der Waals surface area contributed by atoms with E-state index in [0.717, 1.165) is 27.3 Å². The Kier molecular flexibility index (Phi) is 4.55. The van der Waals surface area contributed by atoms with Gasteiger partial charge in [0.1, 0.15) is 0 Å². The first-order valence-electron chi connectivity index (χ1n) is 6.02. The molecule has 0 amide bonds. The largest absolute Gasteiger partial charge is 0.416 e. The van der Waals surface area contributed by atoms with Gasteiger partial charge in [0.05, 0.1) is 5.56 Å². The Bertz CT molecular complexity index is 666. The van der Waals surface area contributed by atoms with E-state index in [1.54, 1.807) is 12.1 Å². The van der Waals surface area contributed by atoms with Crippen LogP contribution in [-0.4, -0.2) is 5.78 Å². The van der Waals surface area contributed by atoms with Crippen LogP contribution >= 0.6 is 22.6 Å². The first-order valence-corrected chi connectivity index (χ1v) is 7.09. The monoisotopic (exact) mass is 405 g/mol. The number of carbonyl (C=O) groups excluding carboxylic acids is 1. The van der Waals surface area contributed by atoms with Crippen molar-refractivity contribution in [3.8, 4) is 0 Å². The zero-order valence-electron chi connectivity index (χ0n) is 10.7. The summed E-state index contributed by atoms with van der Waals surface area (Å²) >= 11 is 2.13. The SMILES string of the molecule is Nc1ccc(C(F)(F)F)cc1C(=O)Cc1ccc(I)cc1. The molecular weight excluding hydrogens is 394 g/mol. The number of ketones is 1. The van der Waals surface area contributed by atoms with Crippen LogP contribution in [0.1, 0.15) is 21.5 Å². The summed E-state index contributed by atoms with van der Waals surface area (Å²) in [6.07, 6.45) is -4.48. The van der Waals surface area contributed by atoms with E-state index in [4.69, 9.17) is 5.73 Å². The van der Waals surface area contributed by atoms with Crippen LogP contribution < -0.4 is 5.73 Å². The van der Waals surface area contributed by atoms with Crippen LogP contribution in [0.25, 0.3) is 0 Å². The van der Waals surface area contributed by atoms with E-state index in [2.05, 4.69) is 22.6 Å². The first kappa shape index (κ1) is 15.8. The van der Waals surface area contributed by atoms with Crippen molar-refractivity contribution >= 4 is 34.1 Å². The Balaban J connectivity index is 2.28. The van der Waals surface area contributed by atoms with Gasteiger partial charge in [-0.2, -0.15) is 13.2 Å². The molecule has 2 N–H and O–H groups in total. The van der Waals surface area contributed by atoms with Gasteiger partial charge >= 0.3 is 6.18 Å². The van der Waals surface area contributed by atoms with E-state index in [9.17, 15) is 18.0 Å². The first-order chi connectivity index (χ1) is 9.77. The lowest BCUT2D eigenvalue weighted by Crippen LogP contribution is -2.11. The summed E-state index contributed by atoms with van der Waals surface area (Å²) in [6, 6.07) is 10.00. The Hall–Kier alpha value is -1.57. The summed E-state index contributed by atoms with van der Waals surface area (Å²) < 4.78 is 39.1. The molecule has 0 bridgehead atoms. The van der Waals surface area contributed by atoms with Gasteiger partial charge in [0.2, 0.25) is 0 Å². The molecule has 2 nitrogen and oxygen atoms in total. The van der Waals surface area contributed by atoms with Gasteiger partial charge < -0.3 is 5.73 Å². The third kappa shape index (κ3) is 3.96. The molecule has 0 unspecified atom stereocenters. The van der Waals surface area contributed by atoms with Gasteiger partial charge in [-0.1, -0.05) is 12.1 Å². The summed E-state index contributed by atoms with van der Waals surface area (Å²) in [7, 11) is 0. The van der Waals surface area contributed by atoms with Gasteiger partial charge in [0, 0.05) is 21.2 Å². The van der Waals surface area contributed by atoms with Crippen LogP contribution in [0, 0.1) is 3.57 Å². The summed E-state index contributed by atoms with van der Waals surface area (Å²) in [5.74, 6) is -0.431. The maximum Gasteiger partial charge on any atom is 0.416 e. The minimum absolute atomic E-state index is 0.0163. The van der Waals surface area contributed by atoms with Crippen molar-refractivity contribution in [2.45, 2.75) is 12.6 Å². The van der Waals surface area contributed by atoms with Crippen LogP contribution in [0.3, 0.4) is 0 Å². The molecule has 0 spiro atoms. The summed E-state index contributed by atoms with van der Waals surface area (Å²) in [4.78, 5) is 12.1. The molecule has 0 aromatic heterocycles. The highest BCUT2D eigenvalue weighted by Gasteiger charge is 2.31. The molecule has 2 aromatic carbocycles. The van der Waals surface area contributed by atoms with Crippen LogP contribution in [0.2, 0.25) is 0 Å². The maximum absolute atomic E-state index is 12.7. The third-order valence-corrected chi connectivity index (χ3v) is 3.68. The van der Waals surface area contributed by atoms with Gasteiger partial charge in [0.15, 0.2) is 5.78 Å². The van der Waals surface area contributed by atoms with E-state index in [0.29, 0.717) is 0 Å². The van der Waals surface area contributed by atoms with Crippen molar-refractivity contribution in [1.29, 1.82) is 0 Å². The van der Waals surface area contributed by atoms with E-state index < -0.39 is 17.5 Å². The number of benzene rings is 2. The van der Waals surface area contributed by atoms with Crippen LogP contribution in [0.4, 0.5) is 18.9 Å². The highest BCUT2D eigenvalue weighted by atomic mass is 127. The minimum Gasteiger partial charge on any atom is -0.398 e. The molecule has 0 saturated heterocycles. The van der Waals surface area contributed by atoms with Crippen molar-refractivity contribution in [3.05, 3.63) is 62.7 Å². The van der Waals surface area contributed by atoms with Crippen molar-refractivity contribution in [1.82, 2.24) is 0 Å². The number of carbonyl (C=O) groups is 1. The smallest absolute Gasteiger partial charge is 0.398 e. The number of nitrogens with two attached hydrogens (primary N) is 1. The highest BCUT2D eigenvalue weighted by Crippen LogP contribution is 2.31. The quantitative estimate of drug-likeness (QED) is 0.470. The number of anilines is 1. The Labute approximate surface area is 133 Å². The Morgan fingerprint density at radius 1 is 1.10 bits per heavy atom. The lowest BCUT2D eigenvalue weighted by molar-refractivity contribution is -0.137. The van der Waals surface area contributed by atoms with Crippen molar-refractivity contribution in [3.63, 3.8) is 0 Å². The second-order valence-corrected chi connectivity index (χ2v) is 5.77. The van der Waals surface area contributed by atoms with Crippen molar-refractivity contribution < 1.29 is 18.0 Å². The molecule has 0 aliphatic carbocycles. The minimum atomic E-state index is -4.49. The second kappa shape index (κ2) is 6.05. The lowest BCUT2D eigenvalue weighted by Gasteiger charge is -2.10. The van der Waals surface area contributed by atoms with Gasteiger partial charge in [0.25, 0.3) is 0 Å². The molecule has 6 heteroatoms. The molecule has 2 aromatic rings. The standard InChI is InChI=1S/C15H11F3INO/c16-15(17,18)10-3-6-13(20)12(8-10)14(21)7-9-1-4-11(19)5-2-9/h1-6,8H,7,20H2. The molecule has 0 heterocycles. The third-order valence-electron chi connectivity index (χ3n) is 2.96. The van der Waals surface area contributed by atoms with Crippen LogP contribution in [0.15, 0.2) is 42.5 Å². The van der Waals surface area contributed by atoms with Gasteiger partial charge in [-0.05, 0) is 58.5 Å². The molecule has 0 fully saturated rings. The van der Waals surface area contributed by atoms with Crippen molar-refractivity contribution in [2.24, 2.45) is 0 Å². The average molecular weight is 405 g/mol. The molecular formula is C15H11F3INO. The number of Topliss-reactive ketones (excluding diaryl/α,β-unsaturated/α-hetero) is 1. The van der Waals surface area contributed by atoms with Crippen LogP contribution in [0.5, 0.6) is 0 Å². The summed E-state index contributed by atoms with van der Waals surface area (Å²) in [6.45, 7) is 0. The Morgan fingerprint density at radius 3 is 2.29 bits per heavy atom. The number of hydrogen-bond acceptors (Lipinski definition) is 2. The van der Waals surface area contributed by atoms with Gasteiger partial charge in [-0.15, -0.1) is 0 Å². The van der Waals surface area contributed by atoms with E-state index in [-0.39, 0.29) is 17.7 Å². The number of nitrogen functional groups attached to an aromatic ring is 1. The van der Waals surface area contributed by atoms with Crippen molar-refractivity contribution in [2.75, 3.05) is 5.73 Å².